The molecule has 1 unspecified atom stereocenters. The third kappa shape index (κ3) is 5.24. The average Bonchev–Trinajstić information content (AvgIpc) is 2.71. The first-order valence-corrected chi connectivity index (χ1v) is 12.0. The van der Waals surface area contributed by atoms with Gasteiger partial charge in [0.1, 0.15) is 12.2 Å². The van der Waals surface area contributed by atoms with Crippen LogP contribution in [0, 0.1) is 35.0 Å². The van der Waals surface area contributed by atoms with Crippen molar-refractivity contribution in [2.24, 2.45) is 35.0 Å². The number of hydrogen-bond acceptors (Lipinski definition) is 5. The molecule has 3 aliphatic rings. The molecular weight excluding hydrogens is 392 g/mol. The zero-order valence-corrected chi connectivity index (χ0v) is 20.0. The van der Waals surface area contributed by atoms with E-state index in [9.17, 15) is 14.7 Å². The smallest absolute Gasteiger partial charge is 0.311 e. The van der Waals surface area contributed by atoms with Crippen molar-refractivity contribution in [2.45, 2.75) is 92.0 Å². The van der Waals surface area contributed by atoms with Gasteiger partial charge in [0.05, 0.1) is 17.4 Å². The van der Waals surface area contributed by atoms with Crippen molar-refractivity contribution in [1.82, 2.24) is 0 Å². The van der Waals surface area contributed by atoms with Gasteiger partial charge >= 0.3 is 11.9 Å². The molecule has 174 valence electrons. The Hall–Kier alpha value is -1.62. The van der Waals surface area contributed by atoms with E-state index < -0.39 is 17.4 Å². The van der Waals surface area contributed by atoms with E-state index in [0.29, 0.717) is 24.2 Å². The number of hydrogen-bond donors (Lipinski definition) is 1. The Bertz CT molecular complexity index is 736. The van der Waals surface area contributed by atoms with E-state index in [-0.39, 0.29) is 30.1 Å². The van der Waals surface area contributed by atoms with Crippen LogP contribution in [0.25, 0.3) is 0 Å². The summed E-state index contributed by atoms with van der Waals surface area (Å²) < 4.78 is 11.7. The van der Waals surface area contributed by atoms with Crippen LogP contribution in [0.4, 0.5) is 0 Å². The highest BCUT2D eigenvalue weighted by molar-refractivity contribution is 5.76. The van der Waals surface area contributed by atoms with E-state index in [1.165, 1.54) is 5.57 Å². The Morgan fingerprint density at radius 2 is 1.94 bits per heavy atom. The van der Waals surface area contributed by atoms with E-state index >= 15 is 0 Å². The maximum Gasteiger partial charge on any atom is 0.311 e. The molecule has 5 nitrogen and oxygen atoms in total. The highest BCUT2D eigenvalue weighted by Crippen LogP contribution is 2.45. The van der Waals surface area contributed by atoms with E-state index in [2.05, 4.69) is 32.1 Å². The Kier molecular flexibility index (Phi) is 7.35. The topological polar surface area (TPSA) is 72.8 Å². The van der Waals surface area contributed by atoms with Gasteiger partial charge in [-0.3, -0.25) is 9.59 Å². The van der Waals surface area contributed by atoms with E-state index in [0.717, 1.165) is 25.7 Å². The number of allylic oxidation sites excluding steroid dienone is 3. The second kappa shape index (κ2) is 9.48. The molecule has 31 heavy (non-hydrogen) atoms. The lowest BCUT2D eigenvalue weighted by atomic mass is 9.65. The number of aliphatic hydroxyl groups is 1. The standard InChI is InChI=1S/C26H40O5/c1-7-26(5,6)25(29)31-22-13-15(2)12-18-9-8-16(3)20(23(18)22)11-10-19-14-21(27)17(4)24(28)30-19/h8-9,12,15-17,19-23,27H,7,10-11,13-14H2,1-6H3/t15-,16-,17?,19+,20-,21+,22-,23-/m0/s1. The number of esters is 2. The molecule has 0 amide bonds. The van der Waals surface area contributed by atoms with Gasteiger partial charge in [0, 0.05) is 12.3 Å². The fraction of sp³-hybridized carbons (Fsp3) is 0.769. The molecule has 1 aliphatic heterocycles. The number of rotatable bonds is 6. The summed E-state index contributed by atoms with van der Waals surface area (Å²) >= 11 is 0. The summed E-state index contributed by atoms with van der Waals surface area (Å²) in [7, 11) is 0. The van der Waals surface area contributed by atoms with Gasteiger partial charge in [0.2, 0.25) is 0 Å². The van der Waals surface area contributed by atoms with E-state index in [4.69, 9.17) is 9.47 Å². The van der Waals surface area contributed by atoms with Crippen molar-refractivity contribution in [3.63, 3.8) is 0 Å². The Morgan fingerprint density at radius 3 is 2.58 bits per heavy atom. The number of carbonyl (C=O) groups excluding carboxylic acids is 2. The Balaban J connectivity index is 1.76. The van der Waals surface area contributed by atoms with Crippen LogP contribution in [0.2, 0.25) is 0 Å². The average molecular weight is 433 g/mol. The molecule has 3 rings (SSSR count). The van der Waals surface area contributed by atoms with Gasteiger partial charge in [-0.1, -0.05) is 39.0 Å². The summed E-state index contributed by atoms with van der Waals surface area (Å²) in [5.74, 6) is 0.307. The van der Waals surface area contributed by atoms with Crippen molar-refractivity contribution in [2.75, 3.05) is 0 Å². The predicted octanol–water partition coefficient (Wildman–Crippen LogP) is 4.83. The second-order valence-corrected chi connectivity index (χ2v) is 10.7. The maximum absolute atomic E-state index is 12.9. The minimum atomic E-state index is -0.633. The van der Waals surface area contributed by atoms with Gasteiger partial charge in [0.15, 0.2) is 0 Å². The van der Waals surface area contributed by atoms with Gasteiger partial charge < -0.3 is 14.6 Å². The molecule has 8 atom stereocenters. The fourth-order valence-electron chi connectivity index (χ4n) is 5.17. The predicted molar refractivity (Wildman–Crippen MR) is 120 cm³/mol. The monoisotopic (exact) mass is 432 g/mol. The third-order valence-corrected chi connectivity index (χ3v) is 7.85. The third-order valence-electron chi connectivity index (χ3n) is 7.85. The summed E-state index contributed by atoms with van der Waals surface area (Å²) in [6, 6.07) is 0. The van der Waals surface area contributed by atoms with Gasteiger partial charge in [-0.15, -0.1) is 0 Å². The lowest BCUT2D eigenvalue weighted by Crippen LogP contribution is -2.43. The molecule has 0 spiro atoms. The highest BCUT2D eigenvalue weighted by Gasteiger charge is 2.43. The van der Waals surface area contributed by atoms with E-state index in [1.807, 2.05) is 20.8 Å². The molecular formula is C26H40O5. The fourth-order valence-corrected chi connectivity index (χ4v) is 5.17. The van der Waals surface area contributed by atoms with Crippen LogP contribution < -0.4 is 0 Å². The first kappa shape index (κ1) is 24.0. The molecule has 0 aromatic carbocycles. The second-order valence-electron chi connectivity index (χ2n) is 10.7. The molecule has 0 aromatic heterocycles. The summed E-state index contributed by atoms with van der Waals surface area (Å²) in [6.45, 7) is 12.0. The van der Waals surface area contributed by atoms with Crippen LogP contribution in [0.5, 0.6) is 0 Å². The van der Waals surface area contributed by atoms with Crippen LogP contribution in [0.1, 0.15) is 73.6 Å². The quantitative estimate of drug-likeness (QED) is 0.609. The van der Waals surface area contributed by atoms with Gasteiger partial charge in [-0.2, -0.15) is 0 Å². The highest BCUT2D eigenvalue weighted by atomic mass is 16.6. The largest absolute Gasteiger partial charge is 0.462 e. The van der Waals surface area contributed by atoms with Crippen molar-refractivity contribution >= 4 is 11.9 Å². The molecule has 0 radical (unpaired) electrons. The summed E-state index contributed by atoms with van der Waals surface area (Å²) in [4.78, 5) is 24.9. The van der Waals surface area contributed by atoms with E-state index in [1.54, 1.807) is 6.92 Å². The van der Waals surface area contributed by atoms with Crippen molar-refractivity contribution < 1.29 is 24.2 Å². The molecule has 0 saturated carbocycles. The van der Waals surface area contributed by atoms with Crippen LogP contribution in [-0.4, -0.2) is 35.4 Å². The lowest BCUT2D eigenvalue weighted by molar-refractivity contribution is -0.170. The molecule has 0 aromatic rings. The molecule has 2 aliphatic carbocycles. The zero-order chi connectivity index (χ0) is 22.9. The minimum absolute atomic E-state index is 0.118. The molecule has 1 heterocycles. The van der Waals surface area contributed by atoms with Gasteiger partial charge in [-0.05, 0) is 69.8 Å². The molecule has 1 N–H and O–H groups in total. The number of carbonyl (C=O) groups is 2. The van der Waals surface area contributed by atoms with Crippen molar-refractivity contribution in [3.8, 4) is 0 Å². The first-order chi connectivity index (χ1) is 14.5. The Morgan fingerprint density at radius 1 is 1.23 bits per heavy atom. The molecule has 1 saturated heterocycles. The summed E-state index contributed by atoms with van der Waals surface area (Å²) in [6.07, 6.45) is 9.44. The number of ether oxygens (including phenoxy) is 2. The zero-order valence-electron chi connectivity index (χ0n) is 20.0. The molecule has 1 fully saturated rings. The van der Waals surface area contributed by atoms with Crippen LogP contribution >= 0.6 is 0 Å². The van der Waals surface area contributed by atoms with Crippen LogP contribution in [-0.2, 0) is 19.1 Å². The van der Waals surface area contributed by atoms with Crippen molar-refractivity contribution in [1.29, 1.82) is 0 Å². The first-order valence-electron chi connectivity index (χ1n) is 12.0. The minimum Gasteiger partial charge on any atom is -0.462 e. The van der Waals surface area contributed by atoms with Crippen LogP contribution in [0.3, 0.4) is 0 Å². The van der Waals surface area contributed by atoms with Gasteiger partial charge in [0.25, 0.3) is 0 Å². The summed E-state index contributed by atoms with van der Waals surface area (Å²) in [5.41, 5.74) is 0.780. The Labute approximate surface area is 187 Å². The number of aliphatic hydroxyl groups excluding tert-OH is 1. The van der Waals surface area contributed by atoms with Gasteiger partial charge in [-0.25, -0.2) is 0 Å². The molecule has 0 bridgehead atoms. The number of cyclic esters (lactones) is 1. The molecule has 5 heteroatoms. The van der Waals surface area contributed by atoms with Crippen molar-refractivity contribution in [3.05, 3.63) is 23.8 Å². The van der Waals surface area contributed by atoms with Crippen LogP contribution in [0.15, 0.2) is 23.8 Å². The maximum atomic E-state index is 12.9. The summed E-state index contributed by atoms with van der Waals surface area (Å²) in [5, 5.41) is 10.2. The normalized spacial score (nSPS) is 38.2. The lowest BCUT2D eigenvalue weighted by Gasteiger charge is -2.44. The SMILES string of the molecule is CCC(C)(C)C(=O)O[C@H]1C[C@@H](C)C=C2C=C[C@H](C)[C@H](CC[C@@H]3C[C@@H](O)C(C)C(=O)O3)[C@H]21. The number of fused-ring (bicyclic) bond motifs is 1.